The second kappa shape index (κ2) is 8.54. The van der Waals surface area contributed by atoms with Gasteiger partial charge in [0.05, 0.1) is 11.7 Å². The average Bonchev–Trinajstić information content (AvgIpc) is 2.55. The molecular formula is C22H30O4. The zero-order valence-corrected chi connectivity index (χ0v) is 16.2. The van der Waals surface area contributed by atoms with E-state index in [4.69, 9.17) is 9.84 Å². The molecule has 1 aromatic rings. The van der Waals surface area contributed by atoms with E-state index in [1.54, 1.807) is 18.2 Å². The molecule has 2 rings (SSSR count). The van der Waals surface area contributed by atoms with Gasteiger partial charge in [0.2, 0.25) is 0 Å². The van der Waals surface area contributed by atoms with Crippen molar-refractivity contribution in [2.45, 2.75) is 71.5 Å². The van der Waals surface area contributed by atoms with Gasteiger partial charge in [-0.25, -0.2) is 4.79 Å². The van der Waals surface area contributed by atoms with Gasteiger partial charge in [-0.2, -0.15) is 0 Å². The number of carbonyl (C=O) groups is 1. The number of rotatable bonds is 7. The number of aliphatic hydroxyl groups excluding tert-OH is 1. The minimum absolute atomic E-state index is 0.220. The Hall–Kier alpha value is -2.07. The van der Waals surface area contributed by atoms with E-state index in [0.717, 1.165) is 24.8 Å². The molecule has 2 N–H and O–H groups in total. The van der Waals surface area contributed by atoms with Crippen molar-refractivity contribution in [3.8, 4) is 5.75 Å². The van der Waals surface area contributed by atoms with Crippen LogP contribution in [0, 0.1) is 0 Å². The van der Waals surface area contributed by atoms with Crippen LogP contribution in [0.4, 0.5) is 0 Å². The number of carboxylic acids is 1. The van der Waals surface area contributed by atoms with E-state index in [0.29, 0.717) is 18.6 Å². The number of fused-ring (bicyclic) bond motifs is 1. The van der Waals surface area contributed by atoms with E-state index < -0.39 is 17.7 Å². The number of allylic oxidation sites excluding steroid dienone is 4. The summed E-state index contributed by atoms with van der Waals surface area (Å²) >= 11 is 0. The summed E-state index contributed by atoms with van der Waals surface area (Å²) < 4.78 is 6.08. The Balaban J connectivity index is 1.99. The number of ether oxygens (including phenoxy) is 1. The lowest BCUT2D eigenvalue weighted by atomic mass is 9.85. The number of aromatic carboxylic acids is 1. The molecule has 0 bridgehead atoms. The van der Waals surface area contributed by atoms with Gasteiger partial charge in [-0.1, -0.05) is 23.3 Å². The van der Waals surface area contributed by atoms with Crippen molar-refractivity contribution in [1.29, 1.82) is 0 Å². The quantitative estimate of drug-likeness (QED) is 0.680. The van der Waals surface area contributed by atoms with Crippen LogP contribution in [0.25, 0.3) is 0 Å². The van der Waals surface area contributed by atoms with Crippen molar-refractivity contribution in [1.82, 2.24) is 0 Å². The Labute approximate surface area is 156 Å². The van der Waals surface area contributed by atoms with E-state index in [1.165, 1.54) is 11.1 Å². The lowest BCUT2D eigenvalue weighted by Crippen LogP contribution is -2.48. The first-order valence-corrected chi connectivity index (χ1v) is 9.23. The maximum absolute atomic E-state index is 11.1. The Morgan fingerprint density at radius 3 is 2.65 bits per heavy atom. The molecule has 1 heterocycles. The molecule has 0 fully saturated rings. The van der Waals surface area contributed by atoms with E-state index in [1.807, 2.05) is 6.92 Å². The molecule has 1 aliphatic rings. The molecule has 2 unspecified atom stereocenters. The second-order valence-electron chi connectivity index (χ2n) is 7.67. The molecule has 142 valence electrons. The molecular weight excluding hydrogens is 328 g/mol. The summed E-state index contributed by atoms with van der Waals surface area (Å²) in [6, 6.07) is 4.84. The summed E-state index contributed by atoms with van der Waals surface area (Å²) in [7, 11) is 0. The van der Waals surface area contributed by atoms with Crippen LogP contribution in [0.2, 0.25) is 0 Å². The van der Waals surface area contributed by atoms with E-state index in [9.17, 15) is 9.90 Å². The largest absolute Gasteiger partial charge is 0.485 e. The van der Waals surface area contributed by atoms with Crippen molar-refractivity contribution >= 4 is 5.97 Å². The van der Waals surface area contributed by atoms with Crippen LogP contribution in [0.3, 0.4) is 0 Å². The Morgan fingerprint density at radius 1 is 1.27 bits per heavy atom. The Bertz CT molecular complexity index is 713. The Kier molecular flexibility index (Phi) is 6.65. The SMILES string of the molecule is CC(C)=CCC/C(C)=C\CCC1(C)Oc2ccc(C(=O)O)cc2CC1O. The van der Waals surface area contributed by atoms with E-state index in [-0.39, 0.29) is 5.56 Å². The summed E-state index contributed by atoms with van der Waals surface area (Å²) in [5.74, 6) is -0.295. The minimum Gasteiger partial charge on any atom is -0.485 e. The summed E-state index contributed by atoms with van der Waals surface area (Å²) in [6.45, 7) is 8.29. The fraction of sp³-hybridized carbons (Fsp3) is 0.500. The third-order valence-electron chi connectivity index (χ3n) is 4.99. The number of benzene rings is 1. The highest BCUT2D eigenvalue weighted by Crippen LogP contribution is 2.36. The number of hydrogen-bond acceptors (Lipinski definition) is 3. The molecule has 1 aliphatic heterocycles. The van der Waals surface area contributed by atoms with Crippen LogP contribution in [-0.4, -0.2) is 27.9 Å². The molecule has 26 heavy (non-hydrogen) atoms. The molecule has 0 spiro atoms. The van der Waals surface area contributed by atoms with Gasteiger partial charge in [-0.15, -0.1) is 0 Å². The third-order valence-corrected chi connectivity index (χ3v) is 4.99. The third kappa shape index (κ3) is 5.21. The summed E-state index contributed by atoms with van der Waals surface area (Å²) in [6.07, 6.45) is 7.89. The highest BCUT2D eigenvalue weighted by atomic mass is 16.5. The van der Waals surface area contributed by atoms with Gasteiger partial charge >= 0.3 is 5.97 Å². The summed E-state index contributed by atoms with van der Waals surface area (Å²) in [4.78, 5) is 11.1. The monoisotopic (exact) mass is 358 g/mol. The van der Waals surface area contributed by atoms with Crippen molar-refractivity contribution in [3.63, 3.8) is 0 Å². The van der Waals surface area contributed by atoms with Gasteiger partial charge in [0, 0.05) is 6.42 Å². The van der Waals surface area contributed by atoms with Gasteiger partial charge in [0.1, 0.15) is 11.4 Å². The average molecular weight is 358 g/mol. The standard InChI is InChI=1S/C22H30O4/c1-15(2)7-5-8-16(3)9-6-12-22(4)20(23)14-18-13-17(21(24)25)10-11-19(18)26-22/h7,9-11,13,20,23H,5-6,8,12,14H2,1-4H3,(H,24,25)/b16-9-. The first-order chi connectivity index (χ1) is 12.2. The molecule has 0 radical (unpaired) electrons. The van der Waals surface area contributed by atoms with Crippen LogP contribution < -0.4 is 4.74 Å². The topological polar surface area (TPSA) is 66.8 Å². The molecule has 4 nitrogen and oxygen atoms in total. The fourth-order valence-electron chi connectivity index (χ4n) is 3.23. The molecule has 1 aromatic carbocycles. The fourth-order valence-corrected chi connectivity index (χ4v) is 3.23. The Morgan fingerprint density at radius 2 is 2.00 bits per heavy atom. The predicted molar refractivity (Wildman–Crippen MR) is 104 cm³/mol. The van der Waals surface area contributed by atoms with E-state index in [2.05, 4.69) is 32.9 Å². The molecule has 0 saturated heterocycles. The van der Waals surface area contributed by atoms with E-state index >= 15 is 0 Å². The van der Waals surface area contributed by atoms with Crippen LogP contribution in [0.15, 0.2) is 41.5 Å². The highest BCUT2D eigenvalue weighted by Gasteiger charge is 2.39. The molecule has 2 atom stereocenters. The smallest absolute Gasteiger partial charge is 0.335 e. The van der Waals surface area contributed by atoms with Crippen molar-refractivity contribution in [3.05, 3.63) is 52.6 Å². The summed E-state index contributed by atoms with van der Waals surface area (Å²) in [5, 5.41) is 19.7. The number of aliphatic hydroxyl groups is 1. The predicted octanol–water partition coefficient (Wildman–Crippen LogP) is 4.91. The van der Waals surface area contributed by atoms with Gasteiger partial charge in [0.15, 0.2) is 0 Å². The zero-order valence-electron chi connectivity index (χ0n) is 16.2. The second-order valence-corrected chi connectivity index (χ2v) is 7.67. The maximum Gasteiger partial charge on any atom is 0.335 e. The number of carboxylic acid groups (broad SMARTS) is 1. The maximum atomic E-state index is 11.1. The first kappa shape index (κ1) is 20.2. The lowest BCUT2D eigenvalue weighted by molar-refractivity contribution is -0.0587. The molecule has 0 aromatic heterocycles. The molecule has 0 saturated carbocycles. The highest BCUT2D eigenvalue weighted by molar-refractivity contribution is 5.88. The summed E-state index contributed by atoms with van der Waals surface area (Å²) in [5.41, 5.74) is 3.01. The zero-order chi connectivity index (χ0) is 19.3. The van der Waals surface area contributed by atoms with Crippen molar-refractivity contribution in [2.75, 3.05) is 0 Å². The van der Waals surface area contributed by atoms with Gasteiger partial charge in [-0.05, 0) is 77.1 Å². The lowest BCUT2D eigenvalue weighted by Gasteiger charge is -2.40. The van der Waals surface area contributed by atoms with Gasteiger partial charge in [-0.3, -0.25) is 0 Å². The normalized spacial score (nSPS) is 22.3. The minimum atomic E-state index is -0.968. The van der Waals surface area contributed by atoms with Crippen LogP contribution in [0.1, 0.15) is 69.3 Å². The van der Waals surface area contributed by atoms with Gasteiger partial charge < -0.3 is 14.9 Å². The molecule has 4 heteroatoms. The number of hydrogen-bond donors (Lipinski definition) is 2. The first-order valence-electron chi connectivity index (χ1n) is 9.23. The van der Waals surface area contributed by atoms with Crippen LogP contribution >= 0.6 is 0 Å². The van der Waals surface area contributed by atoms with Crippen LogP contribution in [0.5, 0.6) is 5.75 Å². The van der Waals surface area contributed by atoms with Crippen LogP contribution in [-0.2, 0) is 6.42 Å². The molecule has 0 amide bonds. The van der Waals surface area contributed by atoms with Crippen molar-refractivity contribution in [2.24, 2.45) is 0 Å². The van der Waals surface area contributed by atoms with Crippen molar-refractivity contribution < 1.29 is 19.7 Å². The van der Waals surface area contributed by atoms with Gasteiger partial charge in [0.25, 0.3) is 0 Å². The molecule has 0 aliphatic carbocycles.